The molecule has 2 N–H and O–H groups in total. The average molecular weight is 286 g/mol. The Balaban J connectivity index is 2.13. The summed E-state index contributed by atoms with van der Waals surface area (Å²) in [7, 11) is 0. The molecule has 1 aliphatic carbocycles. The standard InChI is InChI=1S/C16H15FN2O2/c17-13-6-2-1-4-10(13)8-19-9-12(16(18)21)15(20)11-5-3-7-14(11)19/h1-2,4,6,9H,3,5,7-8H2,(H2,18,21). The molecule has 0 bridgehead atoms. The highest BCUT2D eigenvalue weighted by atomic mass is 19.1. The first-order chi connectivity index (χ1) is 10.1. The molecule has 2 aromatic rings. The molecule has 0 saturated heterocycles. The van der Waals surface area contributed by atoms with Gasteiger partial charge in [-0.2, -0.15) is 0 Å². The molecule has 0 unspecified atom stereocenters. The van der Waals surface area contributed by atoms with Crippen LogP contribution in [0.3, 0.4) is 0 Å². The van der Waals surface area contributed by atoms with Gasteiger partial charge in [-0.05, 0) is 25.3 Å². The molecule has 0 saturated carbocycles. The fourth-order valence-corrected chi connectivity index (χ4v) is 2.87. The van der Waals surface area contributed by atoms with Crippen molar-refractivity contribution in [2.24, 2.45) is 5.73 Å². The number of carbonyl (C=O) groups is 1. The molecule has 3 rings (SSSR count). The number of hydrogen-bond acceptors (Lipinski definition) is 2. The van der Waals surface area contributed by atoms with E-state index in [0.717, 1.165) is 18.5 Å². The van der Waals surface area contributed by atoms with Crippen molar-refractivity contribution in [1.82, 2.24) is 4.57 Å². The van der Waals surface area contributed by atoms with Crippen molar-refractivity contribution in [2.45, 2.75) is 25.8 Å². The number of benzene rings is 1. The van der Waals surface area contributed by atoms with Crippen LogP contribution in [0.5, 0.6) is 0 Å². The van der Waals surface area contributed by atoms with Crippen molar-refractivity contribution < 1.29 is 9.18 Å². The molecule has 0 aliphatic heterocycles. The summed E-state index contributed by atoms with van der Waals surface area (Å²) in [5, 5.41) is 0. The number of amides is 1. The van der Waals surface area contributed by atoms with Crippen LogP contribution in [-0.2, 0) is 19.4 Å². The highest BCUT2D eigenvalue weighted by molar-refractivity contribution is 5.92. The largest absolute Gasteiger partial charge is 0.365 e. The van der Waals surface area contributed by atoms with Gasteiger partial charge in [-0.3, -0.25) is 9.59 Å². The molecule has 4 nitrogen and oxygen atoms in total. The maximum Gasteiger partial charge on any atom is 0.254 e. The van der Waals surface area contributed by atoms with Gasteiger partial charge in [0, 0.05) is 23.0 Å². The highest BCUT2D eigenvalue weighted by Gasteiger charge is 2.22. The second-order valence-electron chi connectivity index (χ2n) is 5.23. The summed E-state index contributed by atoms with van der Waals surface area (Å²) in [6.45, 7) is 0.287. The average Bonchev–Trinajstić information content (AvgIpc) is 2.94. The van der Waals surface area contributed by atoms with Crippen molar-refractivity contribution in [3.8, 4) is 0 Å². The van der Waals surface area contributed by atoms with E-state index in [1.807, 2.05) is 0 Å². The van der Waals surface area contributed by atoms with E-state index >= 15 is 0 Å². The zero-order valence-corrected chi connectivity index (χ0v) is 11.4. The van der Waals surface area contributed by atoms with Crippen LogP contribution in [0.1, 0.15) is 33.6 Å². The number of nitrogens with zero attached hydrogens (tertiary/aromatic N) is 1. The Labute approximate surface area is 121 Å². The van der Waals surface area contributed by atoms with Gasteiger partial charge >= 0.3 is 0 Å². The topological polar surface area (TPSA) is 65.1 Å². The zero-order valence-electron chi connectivity index (χ0n) is 11.4. The molecule has 1 aliphatic rings. The first kappa shape index (κ1) is 13.5. The first-order valence-electron chi connectivity index (χ1n) is 6.86. The quantitative estimate of drug-likeness (QED) is 0.932. The number of fused-ring (bicyclic) bond motifs is 1. The van der Waals surface area contributed by atoms with Gasteiger partial charge in [0.1, 0.15) is 11.4 Å². The normalized spacial score (nSPS) is 13.2. The van der Waals surface area contributed by atoms with Crippen LogP contribution in [0.15, 0.2) is 35.3 Å². The number of primary amides is 1. The molecule has 0 atom stereocenters. The Morgan fingerprint density at radius 3 is 2.76 bits per heavy atom. The number of carbonyl (C=O) groups excluding carboxylic acids is 1. The smallest absolute Gasteiger partial charge is 0.254 e. The molecular formula is C16H15FN2O2. The SMILES string of the molecule is NC(=O)c1cn(Cc2ccccc2F)c2c(c1=O)CCC2. The Morgan fingerprint density at radius 2 is 2.05 bits per heavy atom. The van der Waals surface area contributed by atoms with Crippen LogP contribution in [0, 0.1) is 5.82 Å². The molecule has 108 valence electrons. The van der Waals surface area contributed by atoms with E-state index in [9.17, 15) is 14.0 Å². The molecule has 0 spiro atoms. The van der Waals surface area contributed by atoms with E-state index in [1.165, 1.54) is 12.3 Å². The van der Waals surface area contributed by atoms with Crippen molar-refractivity contribution >= 4 is 5.91 Å². The first-order valence-corrected chi connectivity index (χ1v) is 6.86. The summed E-state index contributed by atoms with van der Waals surface area (Å²) >= 11 is 0. The lowest BCUT2D eigenvalue weighted by Gasteiger charge is -2.14. The van der Waals surface area contributed by atoms with Crippen molar-refractivity contribution in [3.63, 3.8) is 0 Å². The maximum absolute atomic E-state index is 13.8. The Bertz CT molecular complexity index is 780. The van der Waals surface area contributed by atoms with Gasteiger partial charge in [-0.15, -0.1) is 0 Å². The fraction of sp³-hybridized carbons (Fsp3) is 0.250. The molecular weight excluding hydrogens is 271 g/mol. The van der Waals surface area contributed by atoms with E-state index in [1.54, 1.807) is 22.8 Å². The maximum atomic E-state index is 13.8. The summed E-state index contributed by atoms with van der Waals surface area (Å²) in [6, 6.07) is 6.48. The van der Waals surface area contributed by atoms with E-state index < -0.39 is 5.91 Å². The number of pyridine rings is 1. The molecule has 1 aromatic carbocycles. The predicted molar refractivity (Wildman–Crippen MR) is 76.7 cm³/mol. The van der Waals surface area contributed by atoms with Crippen molar-refractivity contribution in [2.75, 3.05) is 0 Å². The molecule has 1 aromatic heterocycles. The Kier molecular flexibility index (Phi) is 3.33. The molecule has 1 amide bonds. The van der Waals surface area contributed by atoms with Crippen LogP contribution < -0.4 is 11.2 Å². The highest BCUT2D eigenvalue weighted by Crippen LogP contribution is 2.21. The predicted octanol–water partition coefficient (Wildman–Crippen LogP) is 1.62. The molecule has 21 heavy (non-hydrogen) atoms. The lowest BCUT2D eigenvalue weighted by molar-refractivity contribution is 0.0998. The van der Waals surface area contributed by atoms with Crippen LogP contribution in [0.4, 0.5) is 4.39 Å². The fourth-order valence-electron chi connectivity index (χ4n) is 2.87. The summed E-state index contributed by atoms with van der Waals surface area (Å²) in [5.74, 6) is -1.04. The minimum absolute atomic E-state index is 0.0213. The number of hydrogen-bond donors (Lipinski definition) is 1. The van der Waals surface area contributed by atoms with Gasteiger partial charge in [-0.1, -0.05) is 18.2 Å². The van der Waals surface area contributed by atoms with Gasteiger partial charge in [-0.25, -0.2) is 4.39 Å². The monoisotopic (exact) mass is 286 g/mol. The number of nitrogens with two attached hydrogens (primary N) is 1. The van der Waals surface area contributed by atoms with Crippen LogP contribution >= 0.6 is 0 Å². The van der Waals surface area contributed by atoms with Gasteiger partial charge < -0.3 is 10.3 Å². The molecule has 5 heteroatoms. The minimum Gasteiger partial charge on any atom is -0.365 e. The van der Waals surface area contributed by atoms with E-state index in [-0.39, 0.29) is 23.4 Å². The Hall–Kier alpha value is -2.43. The molecule has 1 heterocycles. The van der Waals surface area contributed by atoms with Crippen molar-refractivity contribution in [1.29, 1.82) is 0 Å². The molecule has 0 fully saturated rings. The van der Waals surface area contributed by atoms with Gasteiger partial charge in [0.15, 0.2) is 5.43 Å². The second-order valence-corrected chi connectivity index (χ2v) is 5.23. The summed E-state index contributed by atoms with van der Waals surface area (Å²) < 4.78 is 15.6. The van der Waals surface area contributed by atoms with Gasteiger partial charge in [0.05, 0.1) is 6.54 Å². The lowest BCUT2D eigenvalue weighted by Crippen LogP contribution is -2.27. The Morgan fingerprint density at radius 1 is 1.29 bits per heavy atom. The van der Waals surface area contributed by atoms with E-state index in [0.29, 0.717) is 17.5 Å². The third-order valence-electron chi connectivity index (χ3n) is 3.90. The summed E-state index contributed by atoms with van der Waals surface area (Å²) in [5.41, 5.74) is 7.02. The number of aromatic nitrogens is 1. The third kappa shape index (κ3) is 2.35. The number of halogens is 1. The van der Waals surface area contributed by atoms with Crippen LogP contribution in [0.25, 0.3) is 0 Å². The summed E-state index contributed by atoms with van der Waals surface area (Å²) in [4.78, 5) is 23.6. The zero-order chi connectivity index (χ0) is 15.0. The van der Waals surface area contributed by atoms with E-state index in [2.05, 4.69) is 0 Å². The van der Waals surface area contributed by atoms with Gasteiger partial charge in [0.2, 0.25) is 0 Å². The third-order valence-corrected chi connectivity index (χ3v) is 3.90. The van der Waals surface area contributed by atoms with Gasteiger partial charge in [0.25, 0.3) is 5.91 Å². The number of rotatable bonds is 3. The summed E-state index contributed by atoms with van der Waals surface area (Å²) in [6.07, 6.45) is 3.73. The van der Waals surface area contributed by atoms with E-state index in [4.69, 9.17) is 5.73 Å². The molecule has 0 radical (unpaired) electrons. The second kappa shape index (κ2) is 5.16. The van der Waals surface area contributed by atoms with Crippen LogP contribution in [-0.4, -0.2) is 10.5 Å². The van der Waals surface area contributed by atoms with Crippen molar-refractivity contribution in [3.05, 3.63) is 68.9 Å². The minimum atomic E-state index is -0.739. The lowest BCUT2D eigenvalue weighted by atomic mass is 10.1. The van der Waals surface area contributed by atoms with Crippen LogP contribution in [0.2, 0.25) is 0 Å².